The number of benzene rings is 5. The molecule has 0 atom stereocenters. The number of rotatable bonds is 4. The molecule has 0 unspecified atom stereocenters. The molecule has 0 aromatic heterocycles. The number of nitrogen functional groups attached to an aromatic ring is 2. The molecule has 34 heavy (non-hydrogen) atoms. The number of nitrogens with two attached hydrogens (primary N) is 3. The number of hydrogen-bond acceptors (Lipinski definition) is 4. The standard InChI is InChI=1S/C28H22N4O2/c29-23-9-1-7-21-19(23)5-3-11-25(21)32(28(34)18-15-13-17(14-16-18)27(31)33)26-12-4-6-20-22(26)8-2-10-24(20)30/h1-16H,29-30H2,(H2,31,33). The van der Waals surface area contributed by atoms with Gasteiger partial charge in [-0.05, 0) is 48.5 Å². The molecule has 6 N–H and O–H groups in total. The first kappa shape index (κ1) is 21.0. The van der Waals surface area contributed by atoms with Crippen LogP contribution in [0.5, 0.6) is 0 Å². The van der Waals surface area contributed by atoms with Crippen LogP contribution in [0.1, 0.15) is 20.7 Å². The third kappa shape index (κ3) is 3.47. The minimum absolute atomic E-state index is 0.263. The first-order valence-electron chi connectivity index (χ1n) is 10.7. The molecule has 2 amide bonds. The minimum Gasteiger partial charge on any atom is -0.398 e. The van der Waals surface area contributed by atoms with Crippen LogP contribution in [0.25, 0.3) is 21.5 Å². The largest absolute Gasteiger partial charge is 0.398 e. The number of anilines is 4. The van der Waals surface area contributed by atoms with Crippen LogP contribution in [0.4, 0.5) is 22.7 Å². The maximum atomic E-state index is 14.0. The van der Waals surface area contributed by atoms with Crippen LogP contribution in [0, 0.1) is 0 Å². The molecule has 0 aliphatic carbocycles. The summed E-state index contributed by atoms with van der Waals surface area (Å²) in [6.45, 7) is 0. The third-order valence-electron chi connectivity index (χ3n) is 5.97. The fraction of sp³-hybridized carbons (Fsp3) is 0. The molecule has 0 fully saturated rings. The highest BCUT2D eigenvalue weighted by molar-refractivity contribution is 6.19. The lowest BCUT2D eigenvalue weighted by Gasteiger charge is -2.26. The Hall–Kier alpha value is -4.84. The van der Waals surface area contributed by atoms with Crippen molar-refractivity contribution in [3.8, 4) is 0 Å². The summed E-state index contributed by atoms with van der Waals surface area (Å²) in [5, 5.41) is 3.37. The average molecular weight is 447 g/mol. The second-order valence-electron chi connectivity index (χ2n) is 8.02. The summed E-state index contributed by atoms with van der Waals surface area (Å²) in [4.78, 5) is 27.2. The van der Waals surface area contributed by atoms with Crippen LogP contribution in [0.15, 0.2) is 97.1 Å². The maximum absolute atomic E-state index is 14.0. The second kappa shape index (κ2) is 8.26. The quantitative estimate of drug-likeness (QED) is 0.328. The number of nitrogens with zero attached hydrogens (tertiary/aromatic N) is 1. The summed E-state index contributed by atoms with van der Waals surface area (Å²) in [6.07, 6.45) is 0. The summed E-state index contributed by atoms with van der Waals surface area (Å²) < 4.78 is 0. The van der Waals surface area contributed by atoms with E-state index in [1.807, 2.05) is 72.8 Å². The van der Waals surface area contributed by atoms with E-state index in [-0.39, 0.29) is 5.91 Å². The molecule has 5 aromatic carbocycles. The van der Waals surface area contributed by atoms with Crippen molar-refractivity contribution in [2.24, 2.45) is 5.73 Å². The van der Waals surface area contributed by atoms with E-state index in [1.165, 1.54) is 0 Å². The van der Waals surface area contributed by atoms with Gasteiger partial charge in [0.2, 0.25) is 5.91 Å². The molecule has 0 saturated carbocycles. The van der Waals surface area contributed by atoms with Crippen molar-refractivity contribution in [1.29, 1.82) is 0 Å². The van der Waals surface area contributed by atoms with Gasteiger partial charge in [-0.25, -0.2) is 0 Å². The van der Waals surface area contributed by atoms with Gasteiger partial charge in [0.15, 0.2) is 0 Å². The molecule has 0 radical (unpaired) electrons. The molecule has 0 saturated heterocycles. The van der Waals surface area contributed by atoms with E-state index >= 15 is 0 Å². The van der Waals surface area contributed by atoms with E-state index < -0.39 is 5.91 Å². The van der Waals surface area contributed by atoms with Gasteiger partial charge in [0.1, 0.15) is 0 Å². The predicted octanol–water partition coefficient (Wildman–Crippen LogP) is 5.23. The van der Waals surface area contributed by atoms with Crippen LogP contribution >= 0.6 is 0 Å². The Labute approximate surface area is 196 Å². The zero-order chi connectivity index (χ0) is 23.8. The lowest BCUT2D eigenvalue weighted by Crippen LogP contribution is -2.26. The molecule has 5 rings (SSSR count). The average Bonchev–Trinajstić information content (AvgIpc) is 2.85. The normalized spacial score (nSPS) is 10.9. The summed E-state index contributed by atoms with van der Waals surface area (Å²) in [6, 6.07) is 29.0. The Morgan fingerprint density at radius 2 is 0.941 bits per heavy atom. The van der Waals surface area contributed by atoms with E-state index in [1.54, 1.807) is 29.2 Å². The zero-order valence-corrected chi connectivity index (χ0v) is 18.2. The van der Waals surface area contributed by atoms with Gasteiger partial charge in [-0.2, -0.15) is 0 Å². The number of fused-ring (bicyclic) bond motifs is 2. The molecule has 0 heterocycles. The molecule has 166 valence electrons. The fourth-order valence-electron chi connectivity index (χ4n) is 4.28. The van der Waals surface area contributed by atoms with Gasteiger partial charge in [-0.3, -0.25) is 14.5 Å². The lowest BCUT2D eigenvalue weighted by atomic mass is 10.0. The summed E-state index contributed by atoms with van der Waals surface area (Å²) in [5.41, 5.74) is 21.2. The summed E-state index contributed by atoms with van der Waals surface area (Å²) in [5.74, 6) is -0.814. The Kier molecular flexibility index (Phi) is 5.11. The van der Waals surface area contributed by atoms with Crippen molar-refractivity contribution < 1.29 is 9.59 Å². The first-order chi connectivity index (χ1) is 16.5. The van der Waals surface area contributed by atoms with Gasteiger partial charge in [0.05, 0.1) is 11.4 Å². The molecule has 0 aliphatic heterocycles. The number of amides is 2. The van der Waals surface area contributed by atoms with E-state index in [9.17, 15) is 9.59 Å². The van der Waals surface area contributed by atoms with Crippen molar-refractivity contribution in [3.63, 3.8) is 0 Å². The van der Waals surface area contributed by atoms with Gasteiger partial charge in [0.25, 0.3) is 5.91 Å². The molecule has 0 aliphatic rings. The highest BCUT2D eigenvalue weighted by Gasteiger charge is 2.24. The molecular formula is C28H22N4O2. The monoisotopic (exact) mass is 446 g/mol. The maximum Gasteiger partial charge on any atom is 0.262 e. The van der Waals surface area contributed by atoms with Crippen molar-refractivity contribution in [2.75, 3.05) is 16.4 Å². The van der Waals surface area contributed by atoms with E-state index in [0.29, 0.717) is 33.9 Å². The van der Waals surface area contributed by atoms with Gasteiger partial charge < -0.3 is 17.2 Å². The molecule has 6 heteroatoms. The summed E-state index contributed by atoms with van der Waals surface area (Å²) in [7, 11) is 0. The van der Waals surface area contributed by atoms with Crippen molar-refractivity contribution in [2.45, 2.75) is 0 Å². The number of carbonyl (C=O) groups excluding carboxylic acids is 2. The van der Waals surface area contributed by atoms with Crippen LogP contribution in [-0.2, 0) is 0 Å². The summed E-state index contributed by atoms with van der Waals surface area (Å²) >= 11 is 0. The number of carbonyl (C=O) groups is 2. The van der Waals surface area contributed by atoms with E-state index in [0.717, 1.165) is 21.5 Å². The van der Waals surface area contributed by atoms with Crippen LogP contribution in [0.3, 0.4) is 0 Å². The molecule has 6 nitrogen and oxygen atoms in total. The van der Waals surface area contributed by atoms with Gasteiger partial charge in [-0.15, -0.1) is 0 Å². The molecular weight excluding hydrogens is 424 g/mol. The van der Waals surface area contributed by atoms with Crippen molar-refractivity contribution in [1.82, 2.24) is 0 Å². The third-order valence-corrected chi connectivity index (χ3v) is 5.97. The molecule has 0 bridgehead atoms. The van der Waals surface area contributed by atoms with Gasteiger partial charge >= 0.3 is 0 Å². The topological polar surface area (TPSA) is 115 Å². The number of hydrogen-bond donors (Lipinski definition) is 3. The van der Waals surface area contributed by atoms with Gasteiger partial charge in [-0.1, -0.05) is 48.5 Å². The van der Waals surface area contributed by atoms with Crippen LogP contribution < -0.4 is 22.1 Å². The Balaban J connectivity index is 1.79. The predicted molar refractivity (Wildman–Crippen MR) is 138 cm³/mol. The molecule has 0 spiro atoms. The SMILES string of the molecule is NC(=O)c1ccc(C(=O)N(c2cccc3c(N)cccc23)c2cccc3c(N)cccc23)cc1. The Bertz CT molecular complexity index is 1490. The van der Waals surface area contributed by atoms with E-state index in [4.69, 9.17) is 17.2 Å². The Morgan fingerprint density at radius 3 is 1.41 bits per heavy atom. The lowest BCUT2D eigenvalue weighted by molar-refractivity contribution is 0.0988. The van der Waals surface area contributed by atoms with Crippen molar-refractivity contribution in [3.05, 3.63) is 108 Å². The molecule has 5 aromatic rings. The first-order valence-corrected chi connectivity index (χ1v) is 10.7. The number of primary amides is 1. The second-order valence-corrected chi connectivity index (χ2v) is 8.02. The van der Waals surface area contributed by atoms with E-state index in [2.05, 4.69) is 0 Å². The minimum atomic E-state index is -0.551. The highest BCUT2D eigenvalue weighted by atomic mass is 16.2. The van der Waals surface area contributed by atoms with Gasteiger partial charge in [0, 0.05) is 44.0 Å². The van der Waals surface area contributed by atoms with Crippen LogP contribution in [0.2, 0.25) is 0 Å². The fourth-order valence-corrected chi connectivity index (χ4v) is 4.28. The smallest absolute Gasteiger partial charge is 0.262 e. The van der Waals surface area contributed by atoms with Crippen molar-refractivity contribution >= 4 is 56.1 Å². The zero-order valence-electron chi connectivity index (χ0n) is 18.2. The highest BCUT2D eigenvalue weighted by Crippen LogP contribution is 2.39. The Morgan fingerprint density at radius 1 is 0.529 bits per heavy atom. The van der Waals surface area contributed by atoms with Crippen LogP contribution in [-0.4, -0.2) is 11.8 Å².